The molecule has 2 aromatic rings. The third-order valence-corrected chi connectivity index (χ3v) is 2.51. The van der Waals surface area contributed by atoms with Crippen LogP contribution in [-0.4, -0.2) is 0 Å². The van der Waals surface area contributed by atoms with Crippen molar-refractivity contribution < 1.29 is 4.42 Å². The first kappa shape index (κ1) is 7.79. The molecule has 3 heteroatoms. The molecule has 0 atom stereocenters. The van der Waals surface area contributed by atoms with Gasteiger partial charge in [-0.1, -0.05) is 18.2 Å². The van der Waals surface area contributed by atoms with Crippen molar-refractivity contribution in [2.24, 2.45) is 0 Å². The van der Waals surface area contributed by atoms with Crippen LogP contribution in [0.25, 0.3) is 10.8 Å². The highest BCUT2D eigenvalue weighted by Crippen LogP contribution is 2.16. The summed E-state index contributed by atoms with van der Waals surface area (Å²) in [5, 5.41) is 1.60. The number of hydrogen-bond donors (Lipinski definition) is 0. The number of fused-ring (bicyclic) bond motifs is 1. The molecule has 1 aromatic carbocycles. The maximum atomic E-state index is 11.2. The molecule has 0 N–H and O–H groups in total. The first-order chi connectivity index (χ1) is 5.79. The Bertz CT molecular complexity index is 473. The lowest BCUT2D eigenvalue weighted by Crippen LogP contribution is -1.98. The van der Waals surface area contributed by atoms with Gasteiger partial charge in [0.1, 0.15) is 6.26 Å². The van der Waals surface area contributed by atoms with E-state index in [1.54, 1.807) is 6.07 Å². The average molecular weight is 272 g/mol. The molecule has 0 saturated heterocycles. The third-order valence-electron chi connectivity index (χ3n) is 1.67. The van der Waals surface area contributed by atoms with E-state index in [1.807, 2.05) is 18.2 Å². The van der Waals surface area contributed by atoms with Crippen molar-refractivity contribution >= 4 is 33.4 Å². The molecule has 0 radical (unpaired) electrons. The lowest BCUT2D eigenvalue weighted by atomic mass is 10.2. The molecule has 0 spiro atoms. The molecule has 1 heterocycles. The highest BCUT2D eigenvalue weighted by Gasteiger charge is 2.01. The second kappa shape index (κ2) is 2.90. The lowest BCUT2D eigenvalue weighted by molar-refractivity contribution is 0.516. The van der Waals surface area contributed by atoms with E-state index in [2.05, 4.69) is 22.6 Å². The Kier molecular flexibility index (Phi) is 1.88. The quantitative estimate of drug-likeness (QED) is 0.689. The molecule has 0 unspecified atom stereocenters. The lowest BCUT2D eigenvalue weighted by Gasteiger charge is -1.95. The first-order valence-corrected chi connectivity index (χ1v) is 4.53. The van der Waals surface area contributed by atoms with Gasteiger partial charge in [-0.2, -0.15) is 0 Å². The van der Waals surface area contributed by atoms with Crippen LogP contribution in [0.4, 0.5) is 0 Å². The number of halogens is 1. The summed E-state index contributed by atoms with van der Waals surface area (Å²) in [6.07, 6.45) is 1.48. The number of hydrogen-bond acceptors (Lipinski definition) is 2. The molecular weight excluding hydrogens is 267 g/mol. The van der Waals surface area contributed by atoms with Crippen LogP contribution in [0.1, 0.15) is 0 Å². The monoisotopic (exact) mass is 272 g/mol. The molecule has 0 amide bonds. The standard InChI is InChI=1S/C9H5IO2/c10-8-5-12-9(11)7-4-2-1-3-6(7)8/h1-5H. The van der Waals surface area contributed by atoms with Gasteiger partial charge in [0.05, 0.1) is 8.96 Å². The van der Waals surface area contributed by atoms with Crippen LogP contribution in [0.5, 0.6) is 0 Å². The second-order valence-corrected chi connectivity index (χ2v) is 3.58. The van der Waals surface area contributed by atoms with Crippen LogP contribution < -0.4 is 5.63 Å². The first-order valence-electron chi connectivity index (χ1n) is 3.45. The Morgan fingerprint density at radius 1 is 1.17 bits per heavy atom. The highest BCUT2D eigenvalue weighted by molar-refractivity contribution is 14.1. The molecule has 2 rings (SSSR count). The summed E-state index contributed by atoms with van der Waals surface area (Å²) >= 11 is 2.14. The molecule has 0 aliphatic carbocycles. The zero-order chi connectivity index (χ0) is 8.55. The smallest absolute Gasteiger partial charge is 0.343 e. The van der Waals surface area contributed by atoms with E-state index in [4.69, 9.17) is 4.42 Å². The summed E-state index contributed by atoms with van der Waals surface area (Å²) in [5.74, 6) is 0. The summed E-state index contributed by atoms with van der Waals surface area (Å²) in [6.45, 7) is 0. The minimum absolute atomic E-state index is 0.272. The highest BCUT2D eigenvalue weighted by atomic mass is 127. The summed E-state index contributed by atoms with van der Waals surface area (Å²) in [4.78, 5) is 11.2. The Labute approximate surface area is 82.3 Å². The van der Waals surface area contributed by atoms with E-state index >= 15 is 0 Å². The average Bonchev–Trinajstić information content (AvgIpc) is 2.12. The Balaban J connectivity index is 3.05. The van der Waals surface area contributed by atoms with E-state index < -0.39 is 0 Å². The van der Waals surface area contributed by atoms with Crippen LogP contribution in [0.15, 0.2) is 39.7 Å². The molecule has 12 heavy (non-hydrogen) atoms. The van der Waals surface area contributed by atoms with Crippen LogP contribution in [-0.2, 0) is 0 Å². The molecule has 60 valence electrons. The van der Waals surface area contributed by atoms with Crippen LogP contribution in [0, 0.1) is 3.57 Å². The molecule has 0 fully saturated rings. The number of rotatable bonds is 0. The van der Waals surface area contributed by atoms with Gasteiger partial charge in [0.25, 0.3) is 0 Å². The third kappa shape index (κ3) is 1.14. The van der Waals surface area contributed by atoms with Gasteiger partial charge >= 0.3 is 5.63 Å². The SMILES string of the molecule is O=c1occ(I)c2ccccc12. The maximum absolute atomic E-state index is 11.2. The molecule has 2 nitrogen and oxygen atoms in total. The molecule has 0 aliphatic heterocycles. The minimum atomic E-state index is -0.272. The van der Waals surface area contributed by atoms with E-state index in [1.165, 1.54) is 6.26 Å². The predicted molar refractivity (Wildman–Crippen MR) is 55.2 cm³/mol. The molecule has 0 saturated carbocycles. The molecule has 1 aromatic heterocycles. The van der Waals surface area contributed by atoms with Crippen molar-refractivity contribution in [1.82, 2.24) is 0 Å². The van der Waals surface area contributed by atoms with Gasteiger partial charge in [-0.15, -0.1) is 0 Å². The fourth-order valence-electron chi connectivity index (χ4n) is 1.10. The van der Waals surface area contributed by atoms with E-state index in [0.717, 1.165) is 8.96 Å². The molecule has 0 bridgehead atoms. The Morgan fingerprint density at radius 3 is 2.50 bits per heavy atom. The fraction of sp³-hybridized carbons (Fsp3) is 0. The predicted octanol–water partition coefficient (Wildman–Crippen LogP) is 2.40. The molecular formula is C9H5IO2. The van der Waals surface area contributed by atoms with Crippen LogP contribution in [0.2, 0.25) is 0 Å². The van der Waals surface area contributed by atoms with Gasteiger partial charge in [-0.3, -0.25) is 0 Å². The second-order valence-electron chi connectivity index (χ2n) is 2.42. The van der Waals surface area contributed by atoms with Crippen molar-refractivity contribution in [3.63, 3.8) is 0 Å². The van der Waals surface area contributed by atoms with Gasteiger partial charge in [-0.25, -0.2) is 4.79 Å². The van der Waals surface area contributed by atoms with E-state index in [9.17, 15) is 4.79 Å². The van der Waals surface area contributed by atoms with Crippen LogP contribution in [0.3, 0.4) is 0 Å². The topological polar surface area (TPSA) is 30.2 Å². The number of benzene rings is 1. The summed E-state index contributed by atoms with van der Waals surface area (Å²) in [5.41, 5.74) is -0.272. The summed E-state index contributed by atoms with van der Waals surface area (Å²) in [7, 11) is 0. The summed E-state index contributed by atoms with van der Waals surface area (Å²) in [6, 6.07) is 7.41. The Morgan fingerprint density at radius 2 is 1.83 bits per heavy atom. The zero-order valence-corrected chi connectivity index (χ0v) is 8.24. The van der Waals surface area contributed by atoms with Gasteiger partial charge in [0.15, 0.2) is 0 Å². The van der Waals surface area contributed by atoms with Crippen molar-refractivity contribution in [2.75, 3.05) is 0 Å². The minimum Gasteiger partial charge on any atom is -0.430 e. The Hall–Kier alpha value is -0.840. The van der Waals surface area contributed by atoms with Crippen LogP contribution >= 0.6 is 22.6 Å². The van der Waals surface area contributed by atoms with Gasteiger partial charge in [0, 0.05) is 5.39 Å². The van der Waals surface area contributed by atoms with E-state index in [0.29, 0.717) is 5.39 Å². The van der Waals surface area contributed by atoms with Gasteiger partial charge in [-0.05, 0) is 28.7 Å². The van der Waals surface area contributed by atoms with Crippen molar-refractivity contribution in [2.45, 2.75) is 0 Å². The maximum Gasteiger partial charge on any atom is 0.343 e. The van der Waals surface area contributed by atoms with Crippen molar-refractivity contribution in [3.05, 3.63) is 44.5 Å². The van der Waals surface area contributed by atoms with Crippen molar-refractivity contribution in [1.29, 1.82) is 0 Å². The van der Waals surface area contributed by atoms with Crippen molar-refractivity contribution in [3.8, 4) is 0 Å². The fourth-order valence-corrected chi connectivity index (χ4v) is 1.70. The largest absolute Gasteiger partial charge is 0.430 e. The zero-order valence-electron chi connectivity index (χ0n) is 6.08. The van der Waals surface area contributed by atoms with E-state index in [-0.39, 0.29) is 5.63 Å². The molecule has 0 aliphatic rings. The summed E-state index contributed by atoms with van der Waals surface area (Å²) < 4.78 is 5.77. The van der Waals surface area contributed by atoms with Gasteiger partial charge in [0.2, 0.25) is 0 Å². The van der Waals surface area contributed by atoms with Gasteiger partial charge < -0.3 is 4.42 Å². The normalized spacial score (nSPS) is 10.4.